The Hall–Kier alpha value is -1.60. The molecule has 132 valence electrons. The molecule has 8 heteroatoms. The van der Waals surface area contributed by atoms with Crippen LogP contribution in [0.2, 0.25) is 10.0 Å². The number of hydrogen-bond donors (Lipinski definition) is 1. The van der Waals surface area contributed by atoms with Gasteiger partial charge in [-0.2, -0.15) is 0 Å². The summed E-state index contributed by atoms with van der Waals surface area (Å²) in [5, 5.41) is 0.719. The summed E-state index contributed by atoms with van der Waals surface area (Å²) in [7, 11) is -2.15. The number of carbonyl (C=O) groups excluding carboxylic acids is 1. The van der Waals surface area contributed by atoms with Gasteiger partial charge in [-0.05, 0) is 54.9 Å². The quantitative estimate of drug-likeness (QED) is 0.863. The van der Waals surface area contributed by atoms with Crippen LogP contribution in [0.25, 0.3) is 0 Å². The van der Waals surface area contributed by atoms with E-state index in [1.807, 2.05) is 0 Å². The van der Waals surface area contributed by atoms with Crippen molar-refractivity contribution in [1.29, 1.82) is 0 Å². The van der Waals surface area contributed by atoms with Gasteiger partial charge in [0.05, 0.1) is 14.9 Å². The summed E-state index contributed by atoms with van der Waals surface area (Å²) in [4.78, 5) is 14.6. The van der Waals surface area contributed by atoms with Crippen molar-refractivity contribution in [2.45, 2.75) is 17.9 Å². The first-order valence-electron chi connectivity index (χ1n) is 7.61. The Kier molecular flexibility index (Phi) is 5.06. The first-order chi connectivity index (χ1) is 11.8. The minimum absolute atomic E-state index is 0.161. The molecule has 1 aliphatic heterocycles. The molecule has 2 aromatic rings. The van der Waals surface area contributed by atoms with Crippen molar-refractivity contribution in [3.63, 3.8) is 0 Å². The first kappa shape index (κ1) is 18.2. The number of fused-ring (bicyclic) bond motifs is 1. The van der Waals surface area contributed by atoms with E-state index < -0.39 is 10.0 Å². The summed E-state index contributed by atoms with van der Waals surface area (Å²) in [5.41, 5.74) is 2.33. The van der Waals surface area contributed by atoms with Gasteiger partial charge in [-0.25, -0.2) is 13.1 Å². The van der Waals surface area contributed by atoms with Crippen molar-refractivity contribution in [2.75, 3.05) is 13.6 Å². The average molecular weight is 399 g/mol. The van der Waals surface area contributed by atoms with Crippen molar-refractivity contribution in [3.8, 4) is 0 Å². The van der Waals surface area contributed by atoms with Gasteiger partial charge in [-0.1, -0.05) is 29.3 Å². The summed E-state index contributed by atoms with van der Waals surface area (Å²) in [5.74, 6) is -0.161. The molecule has 25 heavy (non-hydrogen) atoms. The zero-order valence-electron chi connectivity index (χ0n) is 13.4. The van der Waals surface area contributed by atoms with Crippen molar-refractivity contribution in [3.05, 3.63) is 63.1 Å². The molecule has 0 unspecified atom stereocenters. The summed E-state index contributed by atoms with van der Waals surface area (Å²) in [6.45, 7) is 0.908. The van der Waals surface area contributed by atoms with E-state index in [0.717, 1.165) is 11.1 Å². The normalized spacial score (nSPS) is 14.3. The van der Waals surface area contributed by atoms with Crippen LogP contribution in [0.5, 0.6) is 0 Å². The number of halogens is 2. The number of rotatable bonds is 3. The molecule has 1 N–H and O–H groups in total. The van der Waals surface area contributed by atoms with Gasteiger partial charge in [0.2, 0.25) is 10.0 Å². The van der Waals surface area contributed by atoms with Crippen molar-refractivity contribution >= 4 is 39.1 Å². The number of hydrogen-bond acceptors (Lipinski definition) is 3. The van der Waals surface area contributed by atoms with Gasteiger partial charge < -0.3 is 4.90 Å². The molecule has 0 spiro atoms. The SMILES string of the molecule is CNS(=O)(=O)c1ccc2c(c1)CN(C(=O)c1ccc(Cl)c(Cl)c1)CC2. The lowest BCUT2D eigenvalue weighted by molar-refractivity contribution is 0.0734. The van der Waals surface area contributed by atoms with Gasteiger partial charge >= 0.3 is 0 Å². The zero-order chi connectivity index (χ0) is 18.2. The Balaban J connectivity index is 1.88. The lowest BCUT2D eigenvalue weighted by atomic mass is 9.99. The molecule has 0 radical (unpaired) electrons. The maximum Gasteiger partial charge on any atom is 0.254 e. The van der Waals surface area contributed by atoms with E-state index >= 15 is 0 Å². The van der Waals surface area contributed by atoms with Crippen LogP contribution in [-0.4, -0.2) is 32.8 Å². The third-order valence-electron chi connectivity index (χ3n) is 4.22. The highest BCUT2D eigenvalue weighted by Gasteiger charge is 2.24. The first-order valence-corrected chi connectivity index (χ1v) is 9.85. The summed E-state index contributed by atoms with van der Waals surface area (Å²) >= 11 is 11.9. The van der Waals surface area contributed by atoms with Crippen LogP contribution in [0.15, 0.2) is 41.3 Å². The Bertz CT molecular complexity index is 945. The molecule has 0 saturated carbocycles. The van der Waals surface area contributed by atoms with E-state index in [1.54, 1.807) is 41.3 Å². The van der Waals surface area contributed by atoms with Crippen LogP contribution in [0.4, 0.5) is 0 Å². The zero-order valence-corrected chi connectivity index (χ0v) is 15.7. The smallest absolute Gasteiger partial charge is 0.254 e. The van der Waals surface area contributed by atoms with Crippen molar-refractivity contribution in [1.82, 2.24) is 9.62 Å². The third-order valence-corrected chi connectivity index (χ3v) is 6.37. The van der Waals surface area contributed by atoms with E-state index in [9.17, 15) is 13.2 Å². The number of nitrogens with zero attached hydrogens (tertiary/aromatic N) is 1. The van der Waals surface area contributed by atoms with Crippen LogP contribution in [0.3, 0.4) is 0 Å². The summed E-state index contributed by atoms with van der Waals surface area (Å²) < 4.78 is 26.2. The molecular weight excluding hydrogens is 383 g/mol. The highest BCUT2D eigenvalue weighted by molar-refractivity contribution is 7.89. The fourth-order valence-electron chi connectivity index (χ4n) is 2.80. The third kappa shape index (κ3) is 3.67. The van der Waals surface area contributed by atoms with Crippen molar-refractivity contribution < 1.29 is 13.2 Å². The highest BCUT2D eigenvalue weighted by Crippen LogP contribution is 2.26. The number of benzene rings is 2. The fraction of sp³-hybridized carbons (Fsp3) is 0.235. The maximum absolute atomic E-state index is 12.7. The van der Waals surface area contributed by atoms with E-state index in [2.05, 4.69) is 4.72 Å². The molecule has 0 fully saturated rings. The predicted molar refractivity (Wildman–Crippen MR) is 97.6 cm³/mol. The van der Waals surface area contributed by atoms with Crippen LogP contribution in [0, 0.1) is 0 Å². The maximum atomic E-state index is 12.7. The molecule has 3 rings (SSSR count). The standard InChI is InChI=1S/C17H16Cl2N2O3S/c1-20-25(23,24)14-4-2-11-6-7-21(10-13(11)8-14)17(22)12-3-5-15(18)16(19)9-12/h2-5,8-9,20H,6-7,10H2,1H3. The molecule has 0 aromatic heterocycles. The molecule has 0 atom stereocenters. The Morgan fingerprint density at radius 2 is 1.84 bits per heavy atom. The van der Waals surface area contributed by atoms with E-state index in [0.29, 0.717) is 35.1 Å². The van der Waals surface area contributed by atoms with E-state index in [4.69, 9.17) is 23.2 Å². The number of carbonyl (C=O) groups is 1. The van der Waals surface area contributed by atoms with Crippen LogP contribution < -0.4 is 4.72 Å². The summed E-state index contributed by atoms with van der Waals surface area (Å²) in [6.07, 6.45) is 0.669. The van der Waals surface area contributed by atoms with Gasteiger partial charge in [-0.15, -0.1) is 0 Å². The highest BCUT2D eigenvalue weighted by atomic mass is 35.5. The molecule has 0 bridgehead atoms. The Morgan fingerprint density at radius 1 is 1.08 bits per heavy atom. The van der Waals surface area contributed by atoms with Crippen molar-refractivity contribution in [2.24, 2.45) is 0 Å². The fourth-order valence-corrected chi connectivity index (χ4v) is 3.88. The van der Waals surface area contributed by atoms with Gasteiger partial charge in [0.1, 0.15) is 0 Å². The second kappa shape index (κ2) is 6.96. The topological polar surface area (TPSA) is 66.5 Å². The van der Waals surface area contributed by atoms with E-state index in [1.165, 1.54) is 7.05 Å². The van der Waals surface area contributed by atoms with Crippen LogP contribution >= 0.6 is 23.2 Å². The number of sulfonamides is 1. The molecule has 0 aliphatic carbocycles. The number of amides is 1. The molecule has 1 heterocycles. The van der Waals surface area contributed by atoms with Gasteiger partial charge in [0.25, 0.3) is 5.91 Å². The molecule has 5 nitrogen and oxygen atoms in total. The molecule has 1 aliphatic rings. The largest absolute Gasteiger partial charge is 0.334 e. The van der Waals surface area contributed by atoms with Crippen LogP contribution in [-0.2, 0) is 23.0 Å². The van der Waals surface area contributed by atoms with Gasteiger partial charge in [0, 0.05) is 18.7 Å². The summed E-state index contributed by atoms with van der Waals surface area (Å²) in [6, 6.07) is 9.78. The molecular formula is C17H16Cl2N2O3S. The lowest BCUT2D eigenvalue weighted by Crippen LogP contribution is -2.36. The monoisotopic (exact) mass is 398 g/mol. The Labute approximate surface area is 156 Å². The predicted octanol–water partition coefficient (Wildman–Crippen LogP) is 3.10. The number of nitrogens with one attached hydrogen (secondary N) is 1. The average Bonchev–Trinajstić information content (AvgIpc) is 2.62. The van der Waals surface area contributed by atoms with E-state index in [-0.39, 0.29) is 10.8 Å². The molecule has 0 saturated heterocycles. The molecule has 2 aromatic carbocycles. The minimum Gasteiger partial charge on any atom is -0.334 e. The minimum atomic E-state index is -3.52. The lowest BCUT2D eigenvalue weighted by Gasteiger charge is -2.29. The Morgan fingerprint density at radius 3 is 2.52 bits per heavy atom. The van der Waals surface area contributed by atoms with Gasteiger partial charge in [-0.3, -0.25) is 4.79 Å². The second-order valence-electron chi connectivity index (χ2n) is 5.74. The van der Waals surface area contributed by atoms with Gasteiger partial charge in [0.15, 0.2) is 0 Å². The van der Waals surface area contributed by atoms with Crippen LogP contribution in [0.1, 0.15) is 21.5 Å². The second-order valence-corrected chi connectivity index (χ2v) is 8.44. The molecule has 1 amide bonds.